The Bertz CT molecular complexity index is 1150. The number of aromatic nitrogens is 3. The molecule has 2 aliphatic heterocycles. The van der Waals surface area contributed by atoms with Crippen LogP contribution in [0.2, 0.25) is 0 Å². The standard InChI is InChI=1S/C30H46FN7O2/c1-8-38(22(4)5)29(39)24-16-23(31)11-12-26(24)40-28-27(32-20-33-34-28)36-15-13-30(17-36)18-37(19-30)25(21(2)3)10-9-14-35(6)7/h11-12,16,20-22,25H,8-10,13-15,17-19H2,1-7H3/t25-/m1/s1. The maximum atomic E-state index is 14.2. The largest absolute Gasteiger partial charge is 0.434 e. The Morgan fingerprint density at radius 3 is 2.58 bits per heavy atom. The lowest BCUT2D eigenvalue weighted by Gasteiger charge is -2.53. The zero-order valence-electron chi connectivity index (χ0n) is 25.2. The van der Waals surface area contributed by atoms with Crippen molar-refractivity contribution in [2.75, 3.05) is 58.3 Å². The minimum Gasteiger partial charge on any atom is -0.434 e. The molecule has 1 amide bonds. The van der Waals surface area contributed by atoms with E-state index in [4.69, 9.17) is 4.74 Å². The molecule has 0 N–H and O–H groups in total. The van der Waals surface area contributed by atoms with Gasteiger partial charge in [-0.2, -0.15) is 0 Å². The lowest BCUT2D eigenvalue weighted by Crippen LogP contribution is -2.62. The Morgan fingerprint density at radius 2 is 1.93 bits per heavy atom. The molecule has 0 bridgehead atoms. The summed E-state index contributed by atoms with van der Waals surface area (Å²) < 4.78 is 20.4. The summed E-state index contributed by atoms with van der Waals surface area (Å²) in [5.74, 6) is 0.921. The molecule has 1 atom stereocenters. The molecule has 4 rings (SSSR count). The lowest BCUT2D eigenvalue weighted by molar-refractivity contribution is -0.0343. The summed E-state index contributed by atoms with van der Waals surface area (Å²) in [6.07, 6.45) is 4.93. The highest BCUT2D eigenvalue weighted by Crippen LogP contribution is 2.44. The van der Waals surface area contributed by atoms with E-state index in [1.54, 1.807) is 4.90 Å². The Labute approximate surface area is 238 Å². The van der Waals surface area contributed by atoms with E-state index in [1.807, 2.05) is 20.8 Å². The fourth-order valence-corrected chi connectivity index (χ4v) is 6.28. The zero-order chi connectivity index (χ0) is 29.0. The number of carbonyl (C=O) groups excluding carboxylic acids is 1. The molecule has 220 valence electrons. The molecule has 3 heterocycles. The third-order valence-corrected chi connectivity index (χ3v) is 8.33. The minimum atomic E-state index is -0.495. The topological polar surface area (TPSA) is 77.9 Å². The number of anilines is 1. The SMILES string of the molecule is CCN(C(=O)c1cc(F)ccc1Oc1nncnc1N1CCC2(C1)CN([C@H](CCCN(C)C)C(C)C)C2)C(C)C. The molecule has 1 aromatic carbocycles. The van der Waals surface area contributed by atoms with Crippen LogP contribution in [-0.4, -0.2) is 101 Å². The van der Waals surface area contributed by atoms with Gasteiger partial charge in [-0.05, 0) is 84.8 Å². The number of hydrogen-bond acceptors (Lipinski definition) is 8. The third-order valence-electron chi connectivity index (χ3n) is 8.33. The minimum absolute atomic E-state index is 0.0338. The summed E-state index contributed by atoms with van der Waals surface area (Å²) in [7, 11) is 4.27. The molecule has 1 spiro atoms. The summed E-state index contributed by atoms with van der Waals surface area (Å²) in [6.45, 7) is 15.9. The molecule has 2 fully saturated rings. The van der Waals surface area contributed by atoms with E-state index in [0.717, 1.165) is 39.1 Å². The van der Waals surface area contributed by atoms with Gasteiger partial charge in [0.2, 0.25) is 0 Å². The number of nitrogens with zero attached hydrogens (tertiary/aromatic N) is 7. The number of benzene rings is 1. The van der Waals surface area contributed by atoms with E-state index in [0.29, 0.717) is 24.3 Å². The molecule has 10 heteroatoms. The molecule has 9 nitrogen and oxygen atoms in total. The average Bonchev–Trinajstić information content (AvgIpc) is 3.33. The van der Waals surface area contributed by atoms with Crippen LogP contribution in [0.3, 0.4) is 0 Å². The molecule has 0 saturated carbocycles. The second kappa shape index (κ2) is 12.8. The van der Waals surface area contributed by atoms with Gasteiger partial charge < -0.3 is 19.4 Å². The first-order chi connectivity index (χ1) is 19.0. The van der Waals surface area contributed by atoms with Crippen molar-refractivity contribution in [3.05, 3.63) is 35.9 Å². The van der Waals surface area contributed by atoms with Crippen molar-refractivity contribution < 1.29 is 13.9 Å². The molecule has 40 heavy (non-hydrogen) atoms. The van der Waals surface area contributed by atoms with Gasteiger partial charge in [-0.25, -0.2) is 9.37 Å². The van der Waals surface area contributed by atoms with Crippen molar-refractivity contribution in [2.24, 2.45) is 11.3 Å². The Hall–Kier alpha value is -2.85. The fraction of sp³-hybridized carbons (Fsp3) is 0.667. The van der Waals surface area contributed by atoms with Crippen molar-refractivity contribution in [3.63, 3.8) is 0 Å². The fourth-order valence-electron chi connectivity index (χ4n) is 6.28. The van der Waals surface area contributed by atoms with Crippen molar-refractivity contribution in [3.8, 4) is 11.6 Å². The Balaban J connectivity index is 1.47. The second-order valence-electron chi connectivity index (χ2n) is 12.3. The predicted molar refractivity (Wildman–Crippen MR) is 155 cm³/mol. The molecule has 2 saturated heterocycles. The van der Waals surface area contributed by atoms with Crippen LogP contribution in [0.4, 0.5) is 10.2 Å². The van der Waals surface area contributed by atoms with Crippen LogP contribution >= 0.6 is 0 Å². The summed E-state index contributed by atoms with van der Waals surface area (Å²) in [4.78, 5) is 26.6. The second-order valence-corrected chi connectivity index (χ2v) is 12.3. The molecular weight excluding hydrogens is 509 g/mol. The first-order valence-corrected chi connectivity index (χ1v) is 14.6. The average molecular weight is 556 g/mol. The maximum absolute atomic E-state index is 14.2. The normalized spacial score (nSPS) is 17.6. The van der Waals surface area contributed by atoms with Crippen molar-refractivity contribution in [1.82, 2.24) is 29.9 Å². The first kappa shape index (κ1) is 30.1. The van der Waals surface area contributed by atoms with Crippen LogP contribution in [0.5, 0.6) is 11.6 Å². The molecule has 0 aliphatic carbocycles. The van der Waals surface area contributed by atoms with Crippen LogP contribution in [0.25, 0.3) is 0 Å². The Morgan fingerprint density at radius 1 is 1.18 bits per heavy atom. The quantitative estimate of drug-likeness (QED) is 0.378. The highest BCUT2D eigenvalue weighted by Gasteiger charge is 2.50. The van der Waals surface area contributed by atoms with Crippen molar-refractivity contribution in [2.45, 2.75) is 66.0 Å². The van der Waals surface area contributed by atoms with E-state index in [-0.39, 0.29) is 34.6 Å². The van der Waals surface area contributed by atoms with Crippen LogP contribution in [0, 0.1) is 17.2 Å². The highest BCUT2D eigenvalue weighted by atomic mass is 19.1. The number of hydrogen-bond donors (Lipinski definition) is 0. The molecule has 0 radical (unpaired) electrons. The van der Waals surface area contributed by atoms with E-state index >= 15 is 0 Å². The molecule has 2 aliphatic rings. The number of amides is 1. The van der Waals surface area contributed by atoms with Gasteiger partial charge in [-0.1, -0.05) is 13.8 Å². The van der Waals surface area contributed by atoms with Crippen LogP contribution in [0.1, 0.15) is 64.2 Å². The molecule has 1 aromatic heterocycles. The van der Waals surface area contributed by atoms with Gasteiger partial charge in [0.15, 0.2) is 5.82 Å². The third kappa shape index (κ3) is 6.71. The molecule has 0 unspecified atom stereocenters. The summed E-state index contributed by atoms with van der Waals surface area (Å²) in [5.41, 5.74) is 0.390. The van der Waals surface area contributed by atoms with E-state index in [1.165, 1.54) is 37.4 Å². The zero-order valence-corrected chi connectivity index (χ0v) is 25.2. The van der Waals surface area contributed by atoms with Crippen LogP contribution < -0.4 is 9.64 Å². The van der Waals surface area contributed by atoms with Gasteiger partial charge in [-0.3, -0.25) is 9.69 Å². The Kier molecular flexibility index (Phi) is 9.61. The van der Waals surface area contributed by atoms with Gasteiger partial charge >= 0.3 is 0 Å². The number of rotatable bonds is 12. The molecular formula is C30H46FN7O2. The van der Waals surface area contributed by atoms with Gasteiger partial charge in [0.1, 0.15) is 17.9 Å². The number of halogens is 1. The van der Waals surface area contributed by atoms with E-state index < -0.39 is 5.82 Å². The van der Waals surface area contributed by atoms with E-state index in [2.05, 4.69) is 57.8 Å². The monoisotopic (exact) mass is 555 g/mol. The number of ether oxygens (including phenoxy) is 1. The summed E-state index contributed by atoms with van der Waals surface area (Å²) >= 11 is 0. The van der Waals surface area contributed by atoms with Crippen LogP contribution in [-0.2, 0) is 0 Å². The van der Waals surface area contributed by atoms with Gasteiger partial charge in [-0.15, -0.1) is 10.2 Å². The van der Waals surface area contributed by atoms with Gasteiger partial charge in [0, 0.05) is 50.2 Å². The van der Waals surface area contributed by atoms with Gasteiger partial charge in [0.05, 0.1) is 5.56 Å². The lowest BCUT2D eigenvalue weighted by atomic mass is 9.76. The van der Waals surface area contributed by atoms with Gasteiger partial charge in [0.25, 0.3) is 11.8 Å². The van der Waals surface area contributed by atoms with E-state index in [9.17, 15) is 9.18 Å². The summed E-state index contributed by atoms with van der Waals surface area (Å²) in [5, 5.41) is 8.19. The predicted octanol–water partition coefficient (Wildman–Crippen LogP) is 4.55. The highest BCUT2D eigenvalue weighted by molar-refractivity contribution is 5.97. The summed E-state index contributed by atoms with van der Waals surface area (Å²) in [6, 6.07) is 4.56. The number of carbonyl (C=O) groups is 1. The smallest absolute Gasteiger partial charge is 0.282 e. The van der Waals surface area contributed by atoms with Crippen molar-refractivity contribution >= 4 is 11.7 Å². The molecule has 2 aromatic rings. The first-order valence-electron chi connectivity index (χ1n) is 14.6. The number of likely N-dealkylation sites (tertiary alicyclic amines) is 1. The maximum Gasteiger partial charge on any atom is 0.282 e. The van der Waals surface area contributed by atoms with Crippen molar-refractivity contribution in [1.29, 1.82) is 0 Å². The van der Waals surface area contributed by atoms with Crippen LogP contribution in [0.15, 0.2) is 24.5 Å².